The highest BCUT2D eigenvalue weighted by molar-refractivity contribution is 6.39. The second kappa shape index (κ2) is 15.8. The Balaban J connectivity index is 0. The molecule has 0 spiro atoms. The van der Waals surface area contributed by atoms with E-state index >= 15 is 0 Å². The summed E-state index contributed by atoms with van der Waals surface area (Å²) in [5.74, 6) is 1.48. The van der Waals surface area contributed by atoms with Crippen molar-refractivity contribution in [2.24, 2.45) is 21.5 Å². The fourth-order valence-electron chi connectivity index (χ4n) is 2.76. The Morgan fingerprint density at radius 2 is 1.78 bits per heavy atom. The molecule has 1 fully saturated rings. The molecule has 0 unspecified atom stereocenters. The number of nitrogens with two attached hydrogens (primary N) is 2. The lowest BCUT2D eigenvalue weighted by molar-refractivity contribution is 0.220. The minimum absolute atomic E-state index is 0. The van der Waals surface area contributed by atoms with Gasteiger partial charge in [-0.3, -0.25) is 14.9 Å². The molecule has 2 rings (SSSR count). The van der Waals surface area contributed by atoms with E-state index in [0.717, 1.165) is 18.7 Å². The topological polar surface area (TPSA) is 89.2 Å². The van der Waals surface area contributed by atoms with E-state index in [2.05, 4.69) is 33.1 Å². The monoisotopic (exact) mass is 439 g/mol. The molecule has 1 aliphatic heterocycles. The van der Waals surface area contributed by atoms with Gasteiger partial charge in [0.1, 0.15) is 5.75 Å². The van der Waals surface area contributed by atoms with Gasteiger partial charge in [-0.2, -0.15) is 0 Å². The first-order valence-electron chi connectivity index (χ1n) is 8.65. The number of ether oxygens (including phenoxy) is 1. The van der Waals surface area contributed by atoms with Crippen LogP contribution in [0.3, 0.4) is 0 Å². The first-order valence-corrected chi connectivity index (χ1v) is 8.65. The van der Waals surface area contributed by atoms with Crippen molar-refractivity contribution in [1.29, 1.82) is 0 Å². The lowest BCUT2D eigenvalue weighted by Crippen LogP contribution is -2.31. The smallest absolute Gasteiger partial charge is 0.161 e. The molecule has 9 heteroatoms. The number of piperidine rings is 1. The third-order valence-electron chi connectivity index (χ3n) is 4.11. The van der Waals surface area contributed by atoms with Crippen LogP contribution >= 0.6 is 37.2 Å². The van der Waals surface area contributed by atoms with E-state index in [4.69, 9.17) is 16.2 Å². The van der Waals surface area contributed by atoms with Crippen molar-refractivity contribution in [3.05, 3.63) is 29.8 Å². The van der Waals surface area contributed by atoms with Crippen molar-refractivity contribution in [3.63, 3.8) is 0 Å². The third-order valence-corrected chi connectivity index (χ3v) is 4.11. The number of nitrogens with zero attached hydrogens (tertiary/aromatic N) is 3. The van der Waals surface area contributed by atoms with Gasteiger partial charge in [-0.25, -0.2) is 0 Å². The maximum Gasteiger partial charge on any atom is 0.161 e. The third kappa shape index (κ3) is 10.6. The number of hydrogen-bond acceptors (Lipinski definition) is 4. The molecule has 1 aromatic carbocycles. The fourth-order valence-corrected chi connectivity index (χ4v) is 2.76. The highest BCUT2D eigenvalue weighted by Crippen LogP contribution is 2.17. The van der Waals surface area contributed by atoms with E-state index in [0.29, 0.717) is 19.0 Å². The summed E-state index contributed by atoms with van der Waals surface area (Å²) in [5, 5.41) is 0. The Morgan fingerprint density at radius 3 is 2.44 bits per heavy atom. The molecule has 1 heterocycles. The summed E-state index contributed by atoms with van der Waals surface area (Å²) < 4.78 is 5.81. The lowest BCUT2D eigenvalue weighted by Gasteiger charge is -2.26. The largest absolute Gasteiger partial charge is 0.494 e. The first-order chi connectivity index (χ1) is 11.7. The highest BCUT2D eigenvalue weighted by atomic mass is 35.5. The maximum absolute atomic E-state index is 5.81. The number of likely N-dealkylation sites (tertiary alicyclic amines) is 1. The molecular weight excluding hydrogens is 409 g/mol. The highest BCUT2D eigenvalue weighted by Gasteiger charge is 2.10. The zero-order chi connectivity index (χ0) is 17.2. The van der Waals surface area contributed by atoms with Gasteiger partial charge in [0.25, 0.3) is 0 Å². The van der Waals surface area contributed by atoms with Gasteiger partial charge in [-0.15, -0.1) is 37.2 Å². The number of amidine groups is 2. The van der Waals surface area contributed by atoms with Crippen LogP contribution in [0.15, 0.2) is 34.3 Å². The molecule has 0 amide bonds. The van der Waals surface area contributed by atoms with Crippen molar-refractivity contribution in [2.45, 2.75) is 32.2 Å². The van der Waals surface area contributed by atoms with E-state index < -0.39 is 0 Å². The van der Waals surface area contributed by atoms with Crippen molar-refractivity contribution in [2.75, 3.05) is 33.3 Å². The van der Waals surface area contributed by atoms with Gasteiger partial charge in [0.15, 0.2) is 11.7 Å². The zero-order valence-electron chi connectivity index (χ0n) is 15.8. The summed E-state index contributed by atoms with van der Waals surface area (Å²) in [6.07, 6.45) is 4.77. The minimum atomic E-state index is 0. The Bertz CT molecular complexity index is 578. The van der Waals surface area contributed by atoms with Crippen LogP contribution in [0.2, 0.25) is 0 Å². The van der Waals surface area contributed by atoms with Gasteiger partial charge in [0.05, 0.1) is 6.61 Å². The van der Waals surface area contributed by atoms with Crippen LogP contribution in [0.5, 0.6) is 5.75 Å². The lowest BCUT2D eigenvalue weighted by atomic mass is 10.1. The van der Waals surface area contributed by atoms with Crippen LogP contribution in [0.4, 0.5) is 0 Å². The molecule has 0 radical (unpaired) electrons. The maximum atomic E-state index is 5.81. The van der Waals surface area contributed by atoms with Crippen molar-refractivity contribution in [3.8, 4) is 5.75 Å². The van der Waals surface area contributed by atoms with E-state index in [1.165, 1.54) is 37.9 Å². The molecule has 1 aliphatic rings. The molecule has 0 bridgehead atoms. The standard InChI is InChI=1S/C18H29N5O.3ClH/c1-21-17(19)18(20)22-9-6-12-24-16-8-5-7-15(13-16)14-23-10-3-2-4-11-23;;;/h5,7-8,13H,2-4,6,9-12,14H2,1H3,(H2,19,21)(H2,20,22);3*1H. The quantitative estimate of drug-likeness (QED) is 0.387. The summed E-state index contributed by atoms with van der Waals surface area (Å²) in [5.41, 5.74) is 12.6. The van der Waals surface area contributed by atoms with E-state index in [-0.39, 0.29) is 43.1 Å². The van der Waals surface area contributed by atoms with Crippen molar-refractivity contribution in [1.82, 2.24) is 4.90 Å². The molecule has 27 heavy (non-hydrogen) atoms. The molecule has 1 saturated heterocycles. The number of rotatable bonds is 7. The number of hydrogen-bond donors (Lipinski definition) is 2. The molecular formula is C18H32Cl3N5O. The van der Waals surface area contributed by atoms with Crippen LogP contribution < -0.4 is 16.2 Å². The first kappa shape index (κ1) is 28.0. The SMILES string of the molecule is CN=C(N)C(N)=NCCCOc1cccc(CN2CCCCC2)c1.Cl.Cl.Cl. The Morgan fingerprint density at radius 1 is 1.07 bits per heavy atom. The summed E-state index contributed by atoms with van der Waals surface area (Å²) in [6.45, 7) is 4.60. The van der Waals surface area contributed by atoms with Gasteiger partial charge in [0.2, 0.25) is 0 Å². The van der Waals surface area contributed by atoms with Gasteiger partial charge < -0.3 is 16.2 Å². The second-order valence-corrected chi connectivity index (χ2v) is 6.06. The van der Waals surface area contributed by atoms with Crippen LogP contribution in [0, 0.1) is 0 Å². The molecule has 156 valence electrons. The molecule has 0 atom stereocenters. The Hall–Kier alpha value is -1.21. The molecule has 1 aromatic rings. The fraction of sp³-hybridized carbons (Fsp3) is 0.556. The molecule has 0 saturated carbocycles. The van der Waals surface area contributed by atoms with Crippen molar-refractivity contribution < 1.29 is 4.74 Å². The molecule has 0 aromatic heterocycles. The van der Waals surface area contributed by atoms with Gasteiger partial charge in [-0.1, -0.05) is 18.6 Å². The van der Waals surface area contributed by atoms with Gasteiger partial charge in [0, 0.05) is 26.6 Å². The molecule has 6 nitrogen and oxygen atoms in total. The summed E-state index contributed by atoms with van der Waals surface area (Å²) >= 11 is 0. The predicted octanol–water partition coefficient (Wildman–Crippen LogP) is 3.05. The minimum Gasteiger partial charge on any atom is -0.494 e. The van der Waals surface area contributed by atoms with E-state index in [1.807, 2.05) is 6.07 Å². The van der Waals surface area contributed by atoms with Crippen LogP contribution in [0.1, 0.15) is 31.2 Å². The number of benzene rings is 1. The Kier molecular flexibility index (Phi) is 16.4. The van der Waals surface area contributed by atoms with Crippen LogP contribution in [-0.4, -0.2) is 49.9 Å². The predicted molar refractivity (Wildman–Crippen MR) is 121 cm³/mol. The summed E-state index contributed by atoms with van der Waals surface area (Å²) in [4.78, 5) is 10.5. The Labute approximate surface area is 181 Å². The average molecular weight is 441 g/mol. The normalized spacial score (nSPS) is 15.1. The molecule has 0 aliphatic carbocycles. The van der Waals surface area contributed by atoms with Crippen LogP contribution in [0.25, 0.3) is 0 Å². The summed E-state index contributed by atoms with van der Waals surface area (Å²) in [6, 6.07) is 8.36. The van der Waals surface area contributed by atoms with Crippen LogP contribution in [-0.2, 0) is 6.54 Å². The second-order valence-electron chi connectivity index (χ2n) is 6.06. The van der Waals surface area contributed by atoms with Crippen molar-refractivity contribution >= 4 is 48.9 Å². The number of halogens is 3. The van der Waals surface area contributed by atoms with Gasteiger partial charge in [-0.05, 0) is 43.6 Å². The van der Waals surface area contributed by atoms with Gasteiger partial charge >= 0.3 is 0 Å². The molecule has 4 N–H and O–H groups in total. The average Bonchev–Trinajstić information content (AvgIpc) is 2.61. The number of aliphatic imine (C=N–C) groups is 2. The van der Waals surface area contributed by atoms with E-state index in [1.54, 1.807) is 7.05 Å². The van der Waals surface area contributed by atoms with E-state index in [9.17, 15) is 0 Å². The zero-order valence-corrected chi connectivity index (χ0v) is 18.3. The summed E-state index contributed by atoms with van der Waals surface area (Å²) in [7, 11) is 1.59.